The van der Waals surface area contributed by atoms with Crippen LogP contribution in [0, 0.1) is 25.2 Å². The minimum absolute atomic E-state index is 0.194. The van der Waals surface area contributed by atoms with Crippen molar-refractivity contribution < 1.29 is 0 Å². The van der Waals surface area contributed by atoms with Crippen LogP contribution in [0.5, 0.6) is 0 Å². The van der Waals surface area contributed by atoms with Crippen molar-refractivity contribution in [1.29, 1.82) is 5.26 Å². The Morgan fingerprint density at radius 2 is 2.23 bits per heavy atom. The quantitative estimate of drug-likeness (QED) is 0.531. The van der Waals surface area contributed by atoms with Gasteiger partial charge in [-0.25, -0.2) is 4.79 Å². The van der Waals surface area contributed by atoms with Gasteiger partial charge in [-0.15, -0.1) is 10.2 Å². The second kappa shape index (κ2) is 5.17. The van der Waals surface area contributed by atoms with Gasteiger partial charge in [-0.05, 0) is 36.3 Å². The number of aromatic nitrogens is 6. The number of imidazole rings is 1. The molecule has 0 aliphatic carbocycles. The van der Waals surface area contributed by atoms with E-state index in [1.165, 1.54) is 6.20 Å². The number of fused-ring (bicyclic) bond motifs is 1. The molecule has 0 atom stereocenters. The molecular weight excluding hydrogens is 284 g/mol. The van der Waals surface area contributed by atoms with Gasteiger partial charge in [0.15, 0.2) is 0 Å². The summed E-state index contributed by atoms with van der Waals surface area (Å²) in [5.74, 6) is 0.194. The Labute approximate surface area is 124 Å². The van der Waals surface area contributed by atoms with Crippen molar-refractivity contribution in [3.63, 3.8) is 0 Å². The van der Waals surface area contributed by atoms with Gasteiger partial charge in [-0.1, -0.05) is 0 Å². The molecule has 9 nitrogen and oxygen atoms in total. The topological polar surface area (TPSA) is 139 Å². The molecule has 4 N–H and O–H groups in total. The SMILES string of the molecule is Cc1cc2[nH]c(=O)[nH]c2c(NC=C(C#N)c2nn[nH]n2)c1C. The van der Waals surface area contributed by atoms with Crippen molar-refractivity contribution in [2.75, 3.05) is 5.32 Å². The summed E-state index contributed by atoms with van der Waals surface area (Å²) < 4.78 is 0. The van der Waals surface area contributed by atoms with E-state index in [4.69, 9.17) is 0 Å². The fraction of sp³-hybridized carbons (Fsp3) is 0.154. The molecule has 3 aromatic rings. The molecule has 1 aromatic carbocycles. The van der Waals surface area contributed by atoms with Crippen LogP contribution in [0.1, 0.15) is 17.0 Å². The molecule has 0 bridgehead atoms. The summed E-state index contributed by atoms with van der Waals surface area (Å²) in [6, 6.07) is 3.89. The number of nitrogens with one attached hydrogen (secondary N) is 4. The van der Waals surface area contributed by atoms with E-state index in [-0.39, 0.29) is 17.1 Å². The fourth-order valence-electron chi connectivity index (χ4n) is 2.16. The molecule has 3 rings (SSSR count). The second-order valence-corrected chi connectivity index (χ2v) is 4.74. The summed E-state index contributed by atoms with van der Waals surface area (Å²) in [6.07, 6.45) is 1.48. The van der Waals surface area contributed by atoms with Crippen LogP contribution in [0.4, 0.5) is 5.69 Å². The van der Waals surface area contributed by atoms with E-state index < -0.39 is 0 Å². The number of hydrogen-bond donors (Lipinski definition) is 4. The largest absolute Gasteiger partial charge is 0.358 e. The Hall–Kier alpha value is -3.41. The van der Waals surface area contributed by atoms with Crippen molar-refractivity contribution in [2.24, 2.45) is 0 Å². The lowest BCUT2D eigenvalue weighted by molar-refractivity contribution is 0.881. The summed E-state index contributed by atoms with van der Waals surface area (Å²) in [4.78, 5) is 17.0. The van der Waals surface area contributed by atoms with Crippen LogP contribution in [-0.2, 0) is 0 Å². The predicted octanol–water partition coefficient (Wildman–Crippen LogP) is 0.963. The third kappa shape index (κ3) is 2.22. The van der Waals surface area contributed by atoms with Gasteiger partial charge < -0.3 is 15.3 Å². The molecule has 0 aliphatic heterocycles. The molecule has 0 aliphatic rings. The van der Waals surface area contributed by atoms with E-state index in [2.05, 4.69) is 35.9 Å². The summed E-state index contributed by atoms with van der Waals surface area (Å²) in [7, 11) is 0. The second-order valence-electron chi connectivity index (χ2n) is 4.74. The Kier molecular flexibility index (Phi) is 3.19. The van der Waals surface area contributed by atoms with Gasteiger partial charge in [0.2, 0.25) is 5.82 Å². The van der Waals surface area contributed by atoms with E-state index in [9.17, 15) is 10.1 Å². The number of aryl methyl sites for hydroxylation is 1. The first-order valence-corrected chi connectivity index (χ1v) is 6.43. The number of tetrazole rings is 1. The molecule has 0 fully saturated rings. The highest BCUT2D eigenvalue weighted by Gasteiger charge is 2.11. The van der Waals surface area contributed by atoms with E-state index in [0.29, 0.717) is 16.7 Å². The Bertz CT molecular complexity index is 954. The van der Waals surface area contributed by atoms with Gasteiger partial charge in [-0.2, -0.15) is 10.5 Å². The average Bonchev–Trinajstić information content (AvgIpc) is 3.12. The van der Waals surface area contributed by atoms with Crippen LogP contribution in [0.15, 0.2) is 17.1 Å². The van der Waals surface area contributed by atoms with Crippen LogP contribution in [0.2, 0.25) is 0 Å². The molecular formula is C13H12N8O. The van der Waals surface area contributed by atoms with Crippen LogP contribution in [0.3, 0.4) is 0 Å². The molecule has 0 spiro atoms. The number of H-pyrrole nitrogens is 3. The van der Waals surface area contributed by atoms with E-state index in [0.717, 1.165) is 11.1 Å². The maximum absolute atomic E-state index is 11.5. The molecule has 0 amide bonds. The summed E-state index contributed by atoms with van der Waals surface area (Å²) in [5.41, 5.74) is 3.97. The van der Waals surface area contributed by atoms with E-state index >= 15 is 0 Å². The predicted molar refractivity (Wildman–Crippen MR) is 79.8 cm³/mol. The van der Waals surface area contributed by atoms with Crippen molar-refractivity contribution in [3.05, 3.63) is 39.7 Å². The number of benzene rings is 1. The number of nitrogens with zero attached hydrogens (tertiary/aromatic N) is 4. The first-order valence-electron chi connectivity index (χ1n) is 6.43. The highest BCUT2D eigenvalue weighted by Crippen LogP contribution is 2.27. The number of anilines is 1. The third-order valence-electron chi connectivity index (χ3n) is 3.40. The highest BCUT2D eigenvalue weighted by molar-refractivity contribution is 5.92. The van der Waals surface area contributed by atoms with Crippen LogP contribution < -0.4 is 11.0 Å². The fourth-order valence-corrected chi connectivity index (χ4v) is 2.16. The van der Waals surface area contributed by atoms with Crippen molar-refractivity contribution in [1.82, 2.24) is 30.6 Å². The van der Waals surface area contributed by atoms with Crippen molar-refractivity contribution in [3.8, 4) is 6.07 Å². The molecule has 0 radical (unpaired) electrons. The Balaban J connectivity index is 2.09. The number of aromatic amines is 3. The number of hydrogen-bond acceptors (Lipinski definition) is 6. The zero-order valence-electron chi connectivity index (χ0n) is 11.9. The lowest BCUT2D eigenvalue weighted by Gasteiger charge is -2.10. The maximum atomic E-state index is 11.5. The molecule has 2 heterocycles. The number of allylic oxidation sites excluding steroid dienone is 1. The highest BCUT2D eigenvalue weighted by atomic mass is 16.1. The van der Waals surface area contributed by atoms with Crippen molar-refractivity contribution in [2.45, 2.75) is 13.8 Å². The molecule has 110 valence electrons. The lowest BCUT2D eigenvalue weighted by atomic mass is 10.1. The van der Waals surface area contributed by atoms with Gasteiger partial charge >= 0.3 is 5.69 Å². The van der Waals surface area contributed by atoms with Gasteiger partial charge in [-0.3, -0.25) is 0 Å². The lowest BCUT2D eigenvalue weighted by Crippen LogP contribution is -2.00. The maximum Gasteiger partial charge on any atom is 0.323 e. The Morgan fingerprint density at radius 1 is 1.41 bits per heavy atom. The molecule has 0 saturated carbocycles. The van der Waals surface area contributed by atoms with Crippen LogP contribution >= 0.6 is 0 Å². The monoisotopic (exact) mass is 296 g/mol. The normalized spacial score (nSPS) is 11.6. The first kappa shape index (κ1) is 13.6. The smallest absolute Gasteiger partial charge is 0.323 e. The van der Waals surface area contributed by atoms with Crippen molar-refractivity contribution >= 4 is 22.3 Å². The molecule has 2 aromatic heterocycles. The first-order chi connectivity index (χ1) is 10.6. The zero-order valence-corrected chi connectivity index (χ0v) is 11.9. The van der Waals surface area contributed by atoms with Gasteiger partial charge in [0.1, 0.15) is 11.6 Å². The third-order valence-corrected chi connectivity index (χ3v) is 3.40. The van der Waals surface area contributed by atoms with E-state index in [1.807, 2.05) is 26.0 Å². The van der Waals surface area contributed by atoms with Crippen LogP contribution in [-0.4, -0.2) is 30.6 Å². The zero-order chi connectivity index (χ0) is 15.7. The minimum atomic E-state index is -0.286. The Morgan fingerprint density at radius 3 is 2.91 bits per heavy atom. The summed E-state index contributed by atoms with van der Waals surface area (Å²) in [5, 5.41) is 25.5. The standard InChI is InChI=1S/C13H12N8O/c1-6-3-9-11(17-13(22)16-9)10(7(6)2)15-5-8(4-14)12-18-20-21-19-12/h3,5,15H,1-2H3,(H2,16,17,22)(H,18,19,20,21). The molecule has 0 saturated heterocycles. The van der Waals surface area contributed by atoms with Gasteiger partial charge in [0.25, 0.3) is 0 Å². The van der Waals surface area contributed by atoms with Crippen LogP contribution in [0.25, 0.3) is 16.6 Å². The van der Waals surface area contributed by atoms with Gasteiger partial charge in [0, 0.05) is 6.20 Å². The van der Waals surface area contributed by atoms with Gasteiger partial charge in [0.05, 0.1) is 16.7 Å². The molecule has 0 unspecified atom stereocenters. The summed E-state index contributed by atoms with van der Waals surface area (Å²) >= 11 is 0. The molecule has 22 heavy (non-hydrogen) atoms. The number of nitriles is 1. The average molecular weight is 296 g/mol. The minimum Gasteiger partial charge on any atom is -0.358 e. The van der Waals surface area contributed by atoms with E-state index in [1.54, 1.807) is 0 Å². The molecule has 9 heteroatoms. The summed E-state index contributed by atoms with van der Waals surface area (Å²) in [6.45, 7) is 3.87. The number of rotatable bonds is 3.